The average Bonchev–Trinajstić information content (AvgIpc) is 3.09. The maximum Gasteiger partial charge on any atom is 0.226 e. The third-order valence-electron chi connectivity index (χ3n) is 4.30. The number of hydrogen-bond acceptors (Lipinski definition) is 2. The van der Waals surface area contributed by atoms with Crippen LogP contribution in [0.5, 0.6) is 0 Å². The fraction of sp³-hybridized carbons (Fsp3) is 0.353. The molecule has 1 saturated carbocycles. The van der Waals surface area contributed by atoms with Crippen molar-refractivity contribution in [1.82, 2.24) is 4.90 Å². The maximum atomic E-state index is 13.8. The molecule has 2 aromatic rings. The average molecular weight is 287 g/mol. The van der Waals surface area contributed by atoms with Crippen LogP contribution in [0.4, 0.5) is 4.39 Å². The molecule has 0 bridgehead atoms. The number of rotatable bonds is 4. The van der Waals surface area contributed by atoms with Gasteiger partial charge in [-0.3, -0.25) is 4.79 Å². The lowest BCUT2D eigenvalue weighted by molar-refractivity contribution is -0.133. The summed E-state index contributed by atoms with van der Waals surface area (Å²) in [5, 5.41) is 0. The molecular formula is C17H18FNO2. The first-order chi connectivity index (χ1) is 10.1. The number of nitrogens with zero attached hydrogens (tertiary/aromatic N) is 1. The lowest BCUT2D eigenvalue weighted by Crippen LogP contribution is -2.31. The quantitative estimate of drug-likeness (QED) is 0.858. The van der Waals surface area contributed by atoms with Gasteiger partial charge in [0, 0.05) is 13.0 Å². The molecule has 1 aliphatic rings. The van der Waals surface area contributed by atoms with Crippen molar-refractivity contribution in [1.29, 1.82) is 0 Å². The van der Waals surface area contributed by atoms with Crippen molar-refractivity contribution in [3.63, 3.8) is 0 Å². The molecule has 1 aliphatic carbocycles. The van der Waals surface area contributed by atoms with Gasteiger partial charge in [0.05, 0.1) is 12.3 Å². The highest BCUT2D eigenvalue weighted by molar-refractivity contribution is 5.83. The molecule has 3 nitrogen and oxygen atoms in total. The van der Waals surface area contributed by atoms with Gasteiger partial charge in [0.1, 0.15) is 11.6 Å². The van der Waals surface area contributed by atoms with Gasteiger partial charge < -0.3 is 9.32 Å². The van der Waals surface area contributed by atoms with E-state index in [4.69, 9.17) is 4.42 Å². The van der Waals surface area contributed by atoms with Gasteiger partial charge >= 0.3 is 0 Å². The van der Waals surface area contributed by atoms with Crippen LogP contribution >= 0.6 is 0 Å². The van der Waals surface area contributed by atoms with Crippen molar-refractivity contribution in [3.05, 3.63) is 59.8 Å². The number of benzene rings is 1. The normalized spacial score (nSPS) is 21.9. The molecule has 3 rings (SSSR count). The van der Waals surface area contributed by atoms with Crippen LogP contribution in [0.15, 0.2) is 47.1 Å². The summed E-state index contributed by atoms with van der Waals surface area (Å²) in [6, 6.07) is 10.2. The first-order valence-electron chi connectivity index (χ1n) is 7.14. The molecule has 0 saturated heterocycles. The summed E-state index contributed by atoms with van der Waals surface area (Å²) in [7, 11) is 1.77. The molecule has 0 spiro atoms. The van der Waals surface area contributed by atoms with Crippen LogP contribution < -0.4 is 0 Å². The number of halogens is 1. The third-order valence-corrected chi connectivity index (χ3v) is 4.30. The Morgan fingerprint density at radius 1 is 1.33 bits per heavy atom. The molecule has 0 N–H and O–H groups in total. The minimum Gasteiger partial charge on any atom is -0.467 e. The molecule has 0 radical (unpaired) electrons. The predicted octanol–water partition coefficient (Wildman–Crippen LogP) is 3.74. The molecule has 1 amide bonds. The van der Waals surface area contributed by atoms with E-state index in [0.717, 1.165) is 12.2 Å². The lowest BCUT2D eigenvalue weighted by atomic mass is 10.1. The standard InChI is InChI=1S/C17H18FNO2/c1-11(16-8-5-9-21-16)19(2)17(20)14-10-13(14)12-6-3-4-7-15(12)18/h3-9,11,13-14H,10H2,1-2H3. The second kappa shape index (κ2) is 5.35. The van der Waals surface area contributed by atoms with Gasteiger partial charge in [0.2, 0.25) is 5.91 Å². The van der Waals surface area contributed by atoms with E-state index >= 15 is 0 Å². The van der Waals surface area contributed by atoms with Crippen LogP contribution in [-0.2, 0) is 4.79 Å². The van der Waals surface area contributed by atoms with E-state index < -0.39 is 0 Å². The highest BCUT2D eigenvalue weighted by Gasteiger charge is 2.47. The summed E-state index contributed by atoms with van der Waals surface area (Å²) in [4.78, 5) is 14.2. The Labute approximate surface area is 123 Å². The summed E-state index contributed by atoms with van der Waals surface area (Å²) in [5.41, 5.74) is 0.648. The van der Waals surface area contributed by atoms with Gasteiger partial charge in [-0.15, -0.1) is 0 Å². The van der Waals surface area contributed by atoms with E-state index in [0.29, 0.717) is 5.56 Å². The van der Waals surface area contributed by atoms with Crippen molar-refractivity contribution in [2.75, 3.05) is 7.05 Å². The van der Waals surface area contributed by atoms with Gasteiger partial charge in [-0.2, -0.15) is 0 Å². The van der Waals surface area contributed by atoms with E-state index in [1.54, 1.807) is 30.3 Å². The Bertz CT molecular complexity index is 638. The van der Waals surface area contributed by atoms with Crippen molar-refractivity contribution < 1.29 is 13.6 Å². The van der Waals surface area contributed by atoms with E-state index in [9.17, 15) is 9.18 Å². The van der Waals surface area contributed by atoms with Crippen LogP contribution in [0.2, 0.25) is 0 Å². The molecular weight excluding hydrogens is 269 g/mol. The number of carbonyl (C=O) groups excluding carboxylic acids is 1. The second-order valence-corrected chi connectivity index (χ2v) is 5.61. The molecule has 1 aromatic heterocycles. The number of hydrogen-bond donors (Lipinski definition) is 0. The molecule has 1 aromatic carbocycles. The molecule has 3 atom stereocenters. The Morgan fingerprint density at radius 2 is 2.10 bits per heavy atom. The summed E-state index contributed by atoms with van der Waals surface area (Å²) in [5.74, 6) is 0.467. The minimum absolute atomic E-state index is 0.00458. The molecule has 1 heterocycles. The van der Waals surface area contributed by atoms with E-state index in [2.05, 4.69) is 0 Å². The smallest absolute Gasteiger partial charge is 0.226 e. The molecule has 21 heavy (non-hydrogen) atoms. The second-order valence-electron chi connectivity index (χ2n) is 5.61. The van der Waals surface area contributed by atoms with E-state index in [-0.39, 0.29) is 29.6 Å². The Morgan fingerprint density at radius 3 is 2.76 bits per heavy atom. The summed E-state index contributed by atoms with van der Waals surface area (Å²) in [6.45, 7) is 1.93. The summed E-state index contributed by atoms with van der Waals surface area (Å²) in [6.07, 6.45) is 2.32. The van der Waals surface area contributed by atoms with Crippen LogP contribution in [-0.4, -0.2) is 17.9 Å². The van der Waals surface area contributed by atoms with Gasteiger partial charge in [-0.05, 0) is 43.0 Å². The van der Waals surface area contributed by atoms with Crippen LogP contribution in [0.3, 0.4) is 0 Å². The van der Waals surface area contributed by atoms with E-state index in [1.165, 1.54) is 6.07 Å². The van der Waals surface area contributed by atoms with Gasteiger partial charge in [0.25, 0.3) is 0 Å². The minimum atomic E-state index is -0.223. The van der Waals surface area contributed by atoms with Crippen LogP contribution in [0.25, 0.3) is 0 Å². The maximum absolute atomic E-state index is 13.8. The van der Waals surface area contributed by atoms with Crippen molar-refractivity contribution in [2.45, 2.75) is 25.3 Å². The fourth-order valence-corrected chi connectivity index (χ4v) is 2.76. The highest BCUT2D eigenvalue weighted by atomic mass is 19.1. The van der Waals surface area contributed by atoms with Crippen LogP contribution in [0, 0.1) is 11.7 Å². The Kier molecular flexibility index (Phi) is 3.53. The largest absolute Gasteiger partial charge is 0.467 e. The number of carbonyl (C=O) groups is 1. The lowest BCUT2D eigenvalue weighted by Gasteiger charge is -2.23. The zero-order valence-corrected chi connectivity index (χ0v) is 12.1. The third kappa shape index (κ3) is 2.58. The summed E-state index contributed by atoms with van der Waals surface area (Å²) >= 11 is 0. The van der Waals surface area contributed by atoms with Gasteiger partial charge in [0.15, 0.2) is 0 Å². The van der Waals surface area contributed by atoms with Gasteiger partial charge in [-0.1, -0.05) is 18.2 Å². The molecule has 1 fully saturated rings. The topological polar surface area (TPSA) is 33.5 Å². The van der Waals surface area contributed by atoms with Crippen LogP contribution in [0.1, 0.15) is 36.6 Å². The number of amides is 1. The molecule has 0 aliphatic heterocycles. The fourth-order valence-electron chi connectivity index (χ4n) is 2.76. The number of furan rings is 1. The first kappa shape index (κ1) is 13.9. The van der Waals surface area contributed by atoms with Crippen molar-refractivity contribution >= 4 is 5.91 Å². The zero-order chi connectivity index (χ0) is 15.0. The molecule has 4 heteroatoms. The molecule has 3 unspecified atom stereocenters. The van der Waals surface area contributed by atoms with Crippen molar-refractivity contribution in [3.8, 4) is 0 Å². The van der Waals surface area contributed by atoms with Gasteiger partial charge in [-0.25, -0.2) is 4.39 Å². The first-order valence-corrected chi connectivity index (χ1v) is 7.14. The highest BCUT2D eigenvalue weighted by Crippen LogP contribution is 2.49. The SMILES string of the molecule is CC(c1ccco1)N(C)C(=O)C1CC1c1ccccc1F. The monoisotopic (exact) mass is 287 g/mol. The summed E-state index contributed by atoms with van der Waals surface area (Å²) < 4.78 is 19.1. The zero-order valence-electron chi connectivity index (χ0n) is 12.1. The molecule has 110 valence electrons. The van der Waals surface area contributed by atoms with Crippen molar-refractivity contribution in [2.24, 2.45) is 5.92 Å². The Balaban J connectivity index is 1.69. The predicted molar refractivity (Wildman–Crippen MR) is 77.1 cm³/mol. The van der Waals surface area contributed by atoms with E-state index in [1.807, 2.05) is 25.1 Å². The Hall–Kier alpha value is -2.10.